The molecule has 3 atom stereocenters. The number of carbonyl (C=O) groups is 3. The standard InChI is InChI=1S/C18H29N3O6/c1-12-16(25)21(9-8-20(12)17(26)27)13(11-22)2-3-15(24)19-7-6-18(4-5-18)14(23)10-19/h12-14,22-23H,2-11H2,1H3,(H,26,27). The zero-order valence-corrected chi connectivity index (χ0v) is 15.7. The molecule has 1 saturated carbocycles. The number of amides is 3. The van der Waals surface area contributed by atoms with Crippen LogP contribution < -0.4 is 0 Å². The first-order valence-electron chi connectivity index (χ1n) is 9.66. The Bertz CT molecular complexity index is 608. The normalized spacial score (nSPS) is 28.4. The number of hydrogen-bond donors (Lipinski definition) is 3. The average Bonchev–Trinajstić information content (AvgIpc) is 3.41. The van der Waals surface area contributed by atoms with E-state index in [9.17, 15) is 24.6 Å². The molecule has 0 aromatic carbocycles. The highest BCUT2D eigenvalue weighted by atomic mass is 16.4. The van der Waals surface area contributed by atoms with E-state index in [0.29, 0.717) is 19.5 Å². The van der Waals surface area contributed by atoms with Gasteiger partial charge in [0, 0.05) is 32.6 Å². The number of carboxylic acid groups (broad SMARTS) is 1. The van der Waals surface area contributed by atoms with Crippen LogP contribution in [0.3, 0.4) is 0 Å². The van der Waals surface area contributed by atoms with E-state index < -0.39 is 24.3 Å². The lowest BCUT2D eigenvalue weighted by Gasteiger charge is -2.41. The van der Waals surface area contributed by atoms with Crippen LogP contribution in [0.1, 0.15) is 39.0 Å². The molecule has 3 rings (SSSR count). The molecule has 0 radical (unpaired) electrons. The van der Waals surface area contributed by atoms with Crippen molar-refractivity contribution in [2.75, 3.05) is 32.8 Å². The number of aliphatic hydroxyl groups excluding tert-OH is 2. The van der Waals surface area contributed by atoms with Crippen molar-refractivity contribution in [2.24, 2.45) is 5.41 Å². The Kier molecular flexibility index (Phi) is 5.62. The topological polar surface area (TPSA) is 122 Å². The Morgan fingerprint density at radius 1 is 1.22 bits per heavy atom. The van der Waals surface area contributed by atoms with Crippen LogP contribution in [0.4, 0.5) is 4.79 Å². The second-order valence-electron chi connectivity index (χ2n) is 8.03. The molecular formula is C18H29N3O6. The number of aliphatic hydroxyl groups is 2. The van der Waals surface area contributed by atoms with Crippen molar-refractivity contribution in [3.63, 3.8) is 0 Å². The number of piperidine rings is 1. The smallest absolute Gasteiger partial charge is 0.408 e. The lowest BCUT2D eigenvalue weighted by molar-refractivity contribution is -0.145. The van der Waals surface area contributed by atoms with E-state index in [4.69, 9.17) is 5.11 Å². The van der Waals surface area contributed by atoms with Gasteiger partial charge in [0.05, 0.1) is 18.8 Å². The van der Waals surface area contributed by atoms with Crippen LogP contribution in [0.15, 0.2) is 0 Å². The minimum atomic E-state index is -1.14. The molecule has 2 saturated heterocycles. The number of carbonyl (C=O) groups excluding carboxylic acids is 2. The third-order valence-electron chi connectivity index (χ3n) is 6.50. The molecule has 3 amide bonds. The molecule has 3 aliphatic rings. The molecule has 152 valence electrons. The van der Waals surface area contributed by atoms with Gasteiger partial charge in [-0.1, -0.05) is 0 Å². The van der Waals surface area contributed by atoms with Crippen LogP contribution in [0, 0.1) is 5.41 Å². The zero-order chi connectivity index (χ0) is 19.8. The van der Waals surface area contributed by atoms with Gasteiger partial charge in [-0.05, 0) is 38.0 Å². The Morgan fingerprint density at radius 2 is 1.93 bits per heavy atom. The molecule has 9 nitrogen and oxygen atoms in total. The third-order valence-corrected chi connectivity index (χ3v) is 6.50. The van der Waals surface area contributed by atoms with Gasteiger partial charge in [-0.3, -0.25) is 14.5 Å². The van der Waals surface area contributed by atoms with Crippen molar-refractivity contribution in [3.8, 4) is 0 Å². The van der Waals surface area contributed by atoms with Crippen molar-refractivity contribution in [1.29, 1.82) is 0 Å². The summed E-state index contributed by atoms with van der Waals surface area (Å²) in [5.41, 5.74) is 0.0385. The molecular weight excluding hydrogens is 354 g/mol. The van der Waals surface area contributed by atoms with Crippen molar-refractivity contribution >= 4 is 17.9 Å². The molecule has 3 N–H and O–H groups in total. The number of piperazine rings is 1. The lowest BCUT2D eigenvalue weighted by Crippen LogP contribution is -2.60. The monoisotopic (exact) mass is 383 g/mol. The highest BCUT2D eigenvalue weighted by Crippen LogP contribution is 2.53. The number of β-amino-alcohol motifs (C(OH)–C–C–N with tert-alkyl or cyclic N) is 1. The number of nitrogens with zero attached hydrogens (tertiary/aromatic N) is 3. The Balaban J connectivity index is 1.52. The van der Waals surface area contributed by atoms with Gasteiger partial charge in [0.1, 0.15) is 6.04 Å². The van der Waals surface area contributed by atoms with Crippen LogP contribution in [-0.2, 0) is 9.59 Å². The number of hydrogen-bond acceptors (Lipinski definition) is 5. The maximum atomic E-state index is 12.5. The zero-order valence-electron chi connectivity index (χ0n) is 15.7. The van der Waals surface area contributed by atoms with E-state index in [1.807, 2.05) is 0 Å². The van der Waals surface area contributed by atoms with E-state index in [-0.39, 0.29) is 43.3 Å². The van der Waals surface area contributed by atoms with Crippen LogP contribution in [0.25, 0.3) is 0 Å². The first kappa shape index (κ1) is 19.9. The summed E-state index contributed by atoms with van der Waals surface area (Å²) in [6.45, 7) is 2.66. The van der Waals surface area contributed by atoms with Crippen LogP contribution >= 0.6 is 0 Å². The molecule has 9 heteroatoms. The predicted molar refractivity (Wildman–Crippen MR) is 94.9 cm³/mol. The Hall–Kier alpha value is -1.87. The van der Waals surface area contributed by atoms with Gasteiger partial charge in [0.15, 0.2) is 0 Å². The molecule has 2 heterocycles. The summed E-state index contributed by atoms with van der Waals surface area (Å²) in [6.07, 6.45) is 1.80. The summed E-state index contributed by atoms with van der Waals surface area (Å²) >= 11 is 0. The molecule has 0 aromatic heterocycles. The van der Waals surface area contributed by atoms with Crippen LogP contribution in [0.2, 0.25) is 0 Å². The molecule has 3 fully saturated rings. The van der Waals surface area contributed by atoms with E-state index in [1.165, 1.54) is 11.8 Å². The van der Waals surface area contributed by atoms with Crippen molar-refractivity contribution in [1.82, 2.24) is 14.7 Å². The van der Waals surface area contributed by atoms with Gasteiger partial charge in [-0.25, -0.2) is 4.79 Å². The largest absolute Gasteiger partial charge is 0.465 e. The SMILES string of the molecule is CC1C(=O)N(C(CO)CCC(=O)N2CCC3(CC3)C(O)C2)CCN1C(=O)O. The van der Waals surface area contributed by atoms with E-state index >= 15 is 0 Å². The summed E-state index contributed by atoms with van der Waals surface area (Å²) in [7, 11) is 0. The van der Waals surface area contributed by atoms with Gasteiger partial charge >= 0.3 is 6.09 Å². The quantitative estimate of drug-likeness (QED) is 0.600. The minimum absolute atomic E-state index is 0.0385. The number of rotatable bonds is 5. The molecule has 0 bridgehead atoms. The average molecular weight is 383 g/mol. The first-order valence-corrected chi connectivity index (χ1v) is 9.66. The summed E-state index contributed by atoms with van der Waals surface area (Å²) in [6, 6.07) is -1.31. The maximum absolute atomic E-state index is 12.5. The van der Waals surface area contributed by atoms with Crippen LogP contribution in [0.5, 0.6) is 0 Å². The van der Waals surface area contributed by atoms with Crippen molar-refractivity contribution in [2.45, 2.75) is 57.2 Å². The van der Waals surface area contributed by atoms with E-state index in [2.05, 4.69) is 0 Å². The van der Waals surface area contributed by atoms with Crippen molar-refractivity contribution in [3.05, 3.63) is 0 Å². The maximum Gasteiger partial charge on any atom is 0.408 e. The highest BCUT2D eigenvalue weighted by molar-refractivity contribution is 5.86. The van der Waals surface area contributed by atoms with Gasteiger partial charge in [0.25, 0.3) is 0 Å². The second-order valence-corrected chi connectivity index (χ2v) is 8.03. The molecule has 1 spiro atoms. The molecule has 2 aliphatic heterocycles. The summed E-state index contributed by atoms with van der Waals surface area (Å²) in [4.78, 5) is 40.4. The molecule has 1 aliphatic carbocycles. The third kappa shape index (κ3) is 3.89. The lowest BCUT2D eigenvalue weighted by atomic mass is 9.90. The number of likely N-dealkylation sites (tertiary alicyclic amines) is 1. The van der Waals surface area contributed by atoms with Crippen molar-refractivity contribution < 1.29 is 29.7 Å². The first-order chi connectivity index (χ1) is 12.8. The summed E-state index contributed by atoms with van der Waals surface area (Å²) in [5, 5.41) is 29.1. The Labute approximate surface area is 158 Å². The highest BCUT2D eigenvalue weighted by Gasteiger charge is 2.51. The second kappa shape index (κ2) is 7.63. The van der Waals surface area contributed by atoms with Crippen LogP contribution in [-0.4, -0.2) is 98.9 Å². The fourth-order valence-corrected chi connectivity index (χ4v) is 4.30. The van der Waals surface area contributed by atoms with Gasteiger partial charge in [0.2, 0.25) is 11.8 Å². The van der Waals surface area contributed by atoms with E-state index in [0.717, 1.165) is 24.2 Å². The Morgan fingerprint density at radius 3 is 2.48 bits per heavy atom. The minimum Gasteiger partial charge on any atom is -0.465 e. The molecule has 27 heavy (non-hydrogen) atoms. The molecule has 3 unspecified atom stereocenters. The summed E-state index contributed by atoms with van der Waals surface area (Å²) in [5.74, 6) is -0.424. The van der Waals surface area contributed by atoms with E-state index in [1.54, 1.807) is 4.90 Å². The predicted octanol–water partition coefficient (Wildman–Crippen LogP) is -0.288. The summed E-state index contributed by atoms with van der Waals surface area (Å²) < 4.78 is 0. The van der Waals surface area contributed by atoms with Gasteiger partial charge in [-0.2, -0.15) is 0 Å². The molecule has 0 aromatic rings. The van der Waals surface area contributed by atoms with Gasteiger partial charge < -0.3 is 25.1 Å². The van der Waals surface area contributed by atoms with Gasteiger partial charge in [-0.15, -0.1) is 0 Å². The fraction of sp³-hybridized carbons (Fsp3) is 0.833. The fourth-order valence-electron chi connectivity index (χ4n) is 4.30.